The Morgan fingerprint density at radius 3 is 1.75 bits per heavy atom. The zero-order valence-electron chi connectivity index (χ0n) is 13.1. The zero-order valence-corrected chi connectivity index (χ0v) is 14.0. The van der Waals surface area contributed by atoms with Crippen LogP contribution in [0.3, 0.4) is 0 Å². The number of hydrogen-bond acceptors (Lipinski definition) is 2. The van der Waals surface area contributed by atoms with Gasteiger partial charge in [0, 0.05) is 16.9 Å². The van der Waals surface area contributed by atoms with Gasteiger partial charge in [-0.15, -0.1) is 0 Å². The molecule has 130 valence electrons. The van der Waals surface area contributed by atoms with E-state index in [0.717, 1.165) is 0 Å². The summed E-state index contributed by atoms with van der Waals surface area (Å²) in [5.74, 6) is -10.9. The first kappa shape index (κ1) is 18.6. The van der Waals surface area contributed by atoms with Gasteiger partial charge in [-0.1, -0.05) is 26.8 Å². The molecule has 1 nitrogen and oxygen atoms in total. The molecule has 0 atom stereocenters. The number of thiol groups is 1. The minimum Gasteiger partial charge on any atom is -0.507 e. The number of phenols is 1. The van der Waals surface area contributed by atoms with Crippen LogP contribution in [-0.2, 0) is 11.2 Å². The molecule has 24 heavy (non-hydrogen) atoms. The van der Waals surface area contributed by atoms with Crippen LogP contribution in [0.1, 0.15) is 31.9 Å². The van der Waals surface area contributed by atoms with Gasteiger partial charge in [-0.25, -0.2) is 22.0 Å². The molecule has 0 fully saturated rings. The lowest BCUT2D eigenvalue weighted by Gasteiger charge is -2.22. The largest absolute Gasteiger partial charge is 0.507 e. The fraction of sp³-hybridized carbons (Fsp3) is 0.294. The second-order valence-electron chi connectivity index (χ2n) is 6.38. The van der Waals surface area contributed by atoms with Gasteiger partial charge in [-0.2, -0.15) is 12.6 Å². The monoisotopic (exact) mass is 362 g/mol. The molecule has 2 rings (SSSR count). The van der Waals surface area contributed by atoms with E-state index in [1.807, 2.05) is 20.8 Å². The topological polar surface area (TPSA) is 20.2 Å². The molecular formula is C17H15F5OS. The average molecular weight is 362 g/mol. The van der Waals surface area contributed by atoms with Gasteiger partial charge in [-0.05, 0) is 17.0 Å². The van der Waals surface area contributed by atoms with Crippen LogP contribution >= 0.6 is 12.6 Å². The molecule has 0 radical (unpaired) electrons. The van der Waals surface area contributed by atoms with E-state index in [9.17, 15) is 27.1 Å². The molecule has 1 N–H and O–H groups in total. The molecule has 7 heteroatoms. The van der Waals surface area contributed by atoms with Gasteiger partial charge in [0.25, 0.3) is 0 Å². The van der Waals surface area contributed by atoms with E-state index in [4.69, 9.17) is 0 Å². The number of aromatic hydroxyl groups is 1. The third-order valence-electron chi connectivity index (χ3n) is 3.70. The second kappa shape index (κ2) is 6.27. The van der Waals surface area contributed by atoms with Crippen molar-refractivity contribution in [2.75, 3.05) is 0 Å². The van der Waals surface area contributed by atoms with Crippen LogP contribution < -0.4 is 0 Å². The van der Waals surface area contributed by atoms with Gasteiger partial charge < -0.3 is 5.11 Å². The highest BCUT2D eigenvalue weighted by atomic mass is 32.1. The van der Waals surface area contributed by atoms with Gasteiger partial charge in [0.1, 0.15) is 5.75 Å². The van der Waals surface area contributed by atoms with E-state index < -0.39 is 51.4 Å². The first-order chi connectivity index (χ1) is 11.0. The Labute approximate surface area is 141 Å². The highest BCUT2D eigenvalue weighted by molar-refractivity contribution is 7.79. The van der Waals surface area contributed by atoms with Crippen molar-refractivity contribution in [3.63, 3.8) is 0 Å². The summed E-state index contributed by atoms with van der Waals surface area (Å²) < 4.78 is 68.3. The van der Waals surface area contributed by atoms with Crippen LogP contribution in [0.4, 0.5) is 22.0 Å². The number of rotatable bonds is 2. The molecule has 0 unspecified atom stereocenters. The third kappa shape index (κ3) is 2.97. The highest BCUT2D eigenvalue weighted by Crippen LogP contribution is 2.41. The summed E-state index contributed by atoms with van der Waals surface area (Å²) in [6.07, 6.45) is 0. The van der Waals surface area contributed by atoms with Crippen LogP contribution in [0.5, 0.6) is 5.75 Å². The van der Waals surface area contributed by atoms with Gasteiger partial charge >= 0.3 is 0 Å². The SMILES string of the molecule is CC(C)(C)c1cc(CS)c(O)c(-c2c(F)c(F)c(F)c(F)c2F)c1. The minimum atomic E-state index is -2.24. The van der Waals surface area contributed by atoms with Crippen molar-refractivity contribution in [1.82, 2.24) is 0 Å². The maximum Gasteiger partial charge on any atom is 0.200 e. The van der Waals surface area contributed by atoms with E-state index >= 15 is 0 Å². The van der Waals surface area contributed by atoms with Crippen LogP contribution in [0.2, 0.25) is 0 Å². The van der Waals surface area contributed by atoms with Crippen molar-refractivity contribution in [2.45, 2.75) is 31.9 Å². The summed E-state index contributed by atoms with van der Waals surface area (Å²) in [4.78, 5) is 0. The molecule has 0 aliphatic carbocycles. The van der Waals surface area contributed by atoms with E-state index in [-0.39, 0.29) is 11.3 Å². The molecule has 0 heterocycles. The summed E-state index contributed by atoms with van der Waals surface area (Å²) in [5.41, 5.74) is -1.31. The van der Waals surface area contributed by atoms with Crippen molar-refractivity contribution < 1.29 is 27.1 Å². The Morgan fingerprint density at radius 1 is 0.875 bits per heavy atom. The molecule has 0 aliphatic heterocycles. The molecule has 0 aliphatic rings. The van der Waals surface area contributed by atoms with Crippen molar-refractivity contribution in [1.29, 1.82) is 0 Å². The van der Waals surface area contributed by atoms with E-state index in [2.05, 4.69) is 12.6 Å². The number of hydrogen-bond donors (Lipinski definition) is 2. The van der Waals surface area contributed by atoms with Crippen molar-refractivity contribution in [3.05, 3.63) is 52.3 Å². The minimum absolute atomic E-state index is 0.0259. The fourth-order valence-electron chi connectivity index (χ4n) is 2.28. The van der Waals surface area contributed by atoms with Crippen LogP contribution in [0.15, 0.2) is 12.1 Å². The number of benzene rings is 2. The standard InChI is InChI=1S/C17H15F5OS/c1-17(2,3)8-4-7(6-24)16(23)9(5-8)10-11(18)13(20)15(22)14(21)12(10)19/h4-5,23-24H,6H2,1-3H3. The van der Waals surface area contributed by atoms with Crippen LogP contribution in [-0.4, -0.2) is 5.11 Å². The van der Waals surface area contributed by atoms with Crippen LogP contribution in [0, 0.1) is 29.1 Å². The first-order valence-corrected chi connectivity index (χ1v) is 7.63. The maximum absolute atomic E-state index is 14.1. The quantitative estimate of drug-likeness (QED) is 0.314. The lowest BCUT2D eigenvalue weighted by Crippen LogP contribution is -2.12. The molecule has 0 spiro atoms. The highest BCUT2D eigenvalue weighted by Gasteiger charge is 2.29. The normalized spacial score (nSPS) is 11.9. The Kier molecular flexibility index (Phi) is 4.86. The van der Waals surface area contributed by atoms with Crippen molar-refractivity contribution in [2.24, 2.45) is 0 Å². The number of phenolic OH excluding ortho intramolecular Hbond substituents is 1. The summed E-state index contributed by atoms with van der Waals surface area (Å²) >= 11 is 4.04. The Hall–Kier alpha value is -1.76. The average Bonchev–Trinajstić information content (AvgIpc) is 2.51. The van der Waals surface area contributed by atoms with Gasteiger partial charge in [-0.3, -0.25) is 0 Å². The summed E-state index contributed by atoms with van der Waals surface area (Å²) in [5, 5.41) is 10.2. The Bertz CT molecular complexity index is 783. The summed E-state index contributed by atoms with van der Waals surface area (Å²) in [6.45, 7) is 5.43. The molecule has 0 saturated carbocycles. The summed E-state index contributed by atoms with van der Waals surface area (Å²) in [6, 6.07) is 2.80. The van der Waals surface area contributed by atoms with Crippen molar-refractivity contribution in [3.8, 4) is 16.9 Å². The fourth-order valence-corrected chi connectivity index (χ4v) is 2.52. The Morgan fingerprint density at radius 2 is 1.33 bits per heavy atom. The molecule has 0 aromatic heterocycles. The molecule has 0 saturated heterocycles. The van der Waals surface area contributed by atoms with E-state index in [1.165, 1.54) is 6.07 Å². The van der Waals surface area contributed by atoms with Gasteiger partial charge in [0.15, 0.2) is 23.3 Å². The molecule has 2 aromatic carbocycles. The van der Waals surface area contributed by atoms with E-state index in [0.29, 0.717) is 5.56 Å². The molecule has 0 amide bonds. The molecule has 2 aromatic rings. The molecular weight excluding hydrogens is 347 g/mol. The van der Waals surface area contributed by atoms with Gasteiger partial charge in [0.2, 0.25) is 5.82 Å². The summed E-state index contributed by atoms with van der Waals surface area (Å²) in [7, 11) is 0. The van der Waals surface area contributed by atoms with E-state index in [1.54, 1.807) is 6.07 Å². The lowest BCUT2D eigenvalue weighted by atomic mass is 9.83. The zero-order chi connectivity index (χ0) is 18.4. The van der Waals surface area contributed by atoms with Crippen LogP contribution in [0.25, 0.3) is 11.1 Å². The number of halogens is 5. The van der Waals surface area contributed by atoms with Gasteiger partial charge in [0.05, 0.1) is 5.56 Å². The maximum atomic E-state index is 14.1. The first-order valence-electron chi connectivity index (χ1n) is 6.99. The third-order valence-corrected chi connectivity index (χ3v) is 4.05. The predicted octanol–water partition coefficient (Wildman–Crippen LogP) is 5.48. The second-order valence-corrected chi connectivity index (χ2v) is 6.70. The Balaban J connectivity index is 2.93. The van der Waals surface area contributed by atoms with Crippen molar-refractivity contribution >= 4 is 12.6 Å². The predicted molar refractivity (Wildman–Crippen MR) is 84.7 cm³/mol. The molecule has 0 bridgehead atoms. The lowest BCUT2D eigenvalue weighted by molar-refractivity contribution is 0.380. The smallest absolute Gasteiger partial charge is 0.200 e.